The SMILES string of the molecule is CNC(C)c1ccc(SCCC(C)C)c(Cl)c1. The van der Waals surface area contributed by atoms with E-state index in [4.69, 9.17) is 11.6 Å². The standard InChI is InChI=1S/C14H22ClNS/c1-10(2)7-8-17-14-6-5-12(9-13(14)15)11(3)16-4/h5-6,9-11,16H,7-8H2,1-4H3. The normalized spacial score (nSPS) is 13.1. The summed E-state index contributed by atoms with van der Waals surface area (Å²) in [5.74, 6) is 1.89. The van der Waals surface area contributed by atoms with Crippen LogP contribution in [0.2, 0.25) is 5.02 Å². The van der Waals surface area contributed by atoms with Crippen LogP contribution in [0.25, 0.3) is 0 Å². The summed E-state index contributed by atoms with van der Waals surface area (Å²) in [6.45, 7) is 6.64. The van der Waals surface area contributed by atoms with E-state index >= 15 is 0 Å². The van der Waals surface area contributed by atoms with Gasteiger partial charge in [-0.2, -0.15) is 0 Å². The maximum atomic E-state index is 6.30. The van der Waals surface area contributed by atoms with Crippen LogP contribution in [0.15, 0.2) is 23.1 Å². The summed E-state index contributed by atoms with van der Waals surface area (Å²) < 4.78 is 0. The Balaban J connectivity index is 2.63. The van der Waals surface area contributed by atoms with Gasteiger partial charge in [0.05, 0.1) is 5.02 Å². The van der Waals surface area contributed by atoms with Crippen molar-refractivity contribution in [3.63, 3.8) is 0 Å². The van der Waals surface area contributed by atoms with E-state index in [1.165, 1.54) is 16.9 Å². The smallest absolute Gasteiger partial charge is 0.0545 e. The Morgan fingerprint density at radius 1 is 1.29 bits per heavy atom. The van der Waals surface area contributed by atoms with Crippen LogP contribution >= 0.6 is 23.4 Å². The van der Waals surface area contributed by atoms with Gasteiger partial charge in [-0.15, -0.1) is 11.8 Å². The van der Waals surface area contributed by atoms with Crippen molar-refractivity contribution in [2.24, 2.45) is 5.92 Å². The second-order valence-electron chi connectivity index (χ2n) is 4.73. The molecule has 0 heterocycles. The van der Waals surface area contributed by atoms with E-state index < -0.39 is 0 Å². The molecular formula is C14H22ClNS. The number of rotatable bonds is 6. The van der Waals surface area contributed by atoms with Gasteiger partial charge >= 0.3 is 0 Å². The molecule has 0 bridgehead atoms. The van der Waals surface area contributed by atoms with Gasteiger partial charge in [-0.3, -0.25) is 0 Å². The van der Waals surface area contributed by atoms with Crippen LogP contribution in [-0.2, 0) is 0 Å². The molecule has 0 saturated carbocycles. The monoisotopic (exact) mass is 271 g/mol. The van der Waals surface area contributed by atoms with E-state index in [0.717, 1.165) is 16.7 Å². The third-order valence-corrected chi connectivity index (χ3v) is 4.37. The maximum Gasteiger partial charge on any atom is 0.0545 e. The minimum Gasteiger partial charge on any atom is -0.313 e. The highest BCUT2D eigenvalue weighted by atomic mass is 35.5. The lowest BCUT2D eigenvalue weighted by atomic mass is 10.1. The average molecular weight is 272 g/mol. The van der Waals surface area contributed by atoms with Gasteiger partial charge in [-0.05, 0) is 49.8 Å². The third-order valence-electron chi connectivity index (χ3n) is 2.84. The van der Waals surface area contributed by atoms with E-state index in [-0.39, 0.29) is 0 Å². The number of halogens is 1. The lowest BCUT2D eigenvalue weighted by molar-refractivity contribution is 0.632. The second kappa shape index (κ2) is 7.30. The van der Waals surface area contributed by atoms with Gasteiger partial charge in [-0.25, -0.2) is 0 Å². The summed E-state index contributed by atoms with van der Waals surface area (Å²) in [6.07, 6.45) is 1.23. The molecule has 0 aliphatic carbocycles. The lowest BCUT2D eigenvalue weighted by Crippen LogP contribution is -2.12. The fourth-order valence-corrected chi connectivity index (χ4v) is 3.00. The quantitative estimate of drug-likeness (QED) is 0.749. The molecule has 0 aliphatic heterocycles. The van der Waals surface area contributed by atoms with Crippen LogP contribution < -0.4 is 5.32 Å². The summed E-state index contributed by atoms with van der Waals surface area (Å²) >= 11 is 8.15. The Kier molecular flexibility index (Phi) is 6.39. The predicted molar refractivity (Wildman–Crippen MR) is 79.1 cm³/mol. The van der Waals surface area contributed by atoms with Crippen molar-refractivity contribution in [1.82, 2.24) is 5.32 Å². The van der Waals surface area contributed by atoms with E-state index in [0.29, 0.717) is 6.04 Å². The van der Waals surface area contributed by atoms with Crippen LogP contribution in [0.5, 0.6) is 0 Å². The molecule has 1 unspecified atom stereocenters. The average Bonchev–Trinajstić information content (AvgIpc) is 2.29. The second-order valence-corrected chi connectivity index (χ2v) is 6.28. The molecular weight excluding hydrogens is 250 g/mol. The number of benzene rings is 1. The van der Waals surface area contributed by atoms with Crippen molar-refractivity contribution in [2.75, 3.05) is 12.8 Å². The molecule has 1 atom stereocenters. The van der Waals surface area contributed by atoms with E-state index in [1.807, 2.05) is 18.8 Å². The maximum absolute atomic E-state index is 6.30. The molecule has 0 aliphatic rings. The highest BCUT2D eigenvalue weighted by molar-refractivity contribution is 7.99. The first-order chi connectivity index (χ1) is 8.04. The Bertz CT molecular complexity index is 352. The van der Waals surface area contributed by atoms with Crippen LogP contribution in [0, 0.1) is 5.92 Å². The Hall–Kier alpha value is -0.180. The molecule has 0 spiro atoms. The van der Waals surface area contributed by atoms with Gasteiger partial charge in [0, 0.05) is 10.9 Å². The zero-order chi connectivity index (χ0) is 12.8. The molecule has 1 nitrogen and oxygen atoms in total. The molecule has 1 aromatic carbocycles. The first kappa shape index (κ1) is 14.9. The minimum atomic E-state index is 0.349. The predicted octanol–water partition coefficient (Wildman–Crippen LogP) is 4.76. The summed E-state index contributed by atoms with van der Waals surface area (Å²) in [5, 5.41) is 4.09. The third kappa shape index (κ3) is 4.90. The van der Waals surface area contributed by atoms with Crippen molar-refractivity contribution in [2.45, 2.75) is 38.1 Å². The number of hydrogen-bond acceptors (Lipinski definition) is 2. The summed E-state index contributed by atoms with van der Waals surface area (Å²) in [5.41, 5.74) is 1.24. The largest absolute Gasteiger partial charge is 0.313 e. The number of hydrogen-bond donors (Lipinski definition) is 1. The van der Waals surface area contributed by atoms with Crippen LogP contribution in [0.4, 0.5) is 0 Å². The van der Waals surface area contributed by atoms with Gasteiger partial charge in [0.15, 0.2) is 0 Å². The first-order valence-electron chi connectivity index (χ1n) is 6.14. The zero-order valence-corrected chi connectivity index (χ0v) is 12.7. The molecule has 0 aromatic heterocycles. The minimum absolute atomic E-state index is 0.349. The van der Waals surface area contributed by atoms with Crippen LogP contribution in [0.3, 0.4) is 0 Å². The van der Waals surface area contributed by atoms with E-state index in [1.54, 1.807) is 0 Å². The van der Waals surface area contributed by atoms with Crippen LogP contribution in [0.1, 0.15) is 38.8 Å². The Morgan fingerprint density at radius 2 is 2.00 bits per heavy atom. The van der Waals surface area contributed by atoms with Crippen molar-refractivity contribution in [1.29, 1.82) is 0 Å². The summed E-state index contributed by atoms with van der Waals surface area (Å²) in [7, 11) is 1.96. The highest BCUT2D eigenvalue weighted by Crippen LogP contribution is 2.30. The molecule has 0 fully saturated rings. The van der Waals surface area contributed by atoms with Crippen molar-refractivity contribution in [3.05, 3.63) is 28.8 Å². The van der Waals surface area contributed by atoms with Crippen molar-refractivity contribution < 1.29 is 0 Å². The van der Waals surface area contributed by atoms with Gasteiger partial charge in [0.25, 0.3) is 0 Å². The van der Waals surface area contributed by atoms with Crippen molar-refractivity contribution in [3.8, 4) is 0 Å². The van der Waals surface area contributed by atoms with E-state index in [9.17, 15) is 0 Å². The topological polar surface area (TPSA) is 12.0 Å². The molecule has 96 valence electrons. The molecule has 1 rings (SSSR count). The van der Waals surface area contributed by atoms with Gasteiger partial charge in [0.2, 0.25) is 0 Å². The van der Waals surface area contributed by atoms with Gasteiger partial charge < -0.3 is 5.32 Å². The van der Waals surface area contributed by atoms with Crippen molar-refractivity contribution >= 4 is 23.4 Å². The fourth-order valence-electron chi connectivity index (χ4n) is 1.47. The zero-order valence-electron chi connectivity index (χ0n) is 11.1. The first-order valence-corrected chi connectivity index (χ1v) is 7.50. The number of nitrogens with one attached hydrogen (secondary N) is 1. The molecule has 3 heteroatoms. The Morgan fingerprint density at radius 3 is 2.53 bits per heavy atom. The molecule has 17 heavy (non-hydrogen) atoms. The number of thioether (sulfide) groups is 1. The molecule has 1 N–H and O–H groups in total. The molecule has 1 aromatic rings. The lowest BCUT2D eigenvalue weighted by Gasteiger charge is -2.13. The van der Waals surface area contributed by atoms with Gasteiger partial charge in [-0.1, -0.05) is 31.5 Å². The van der Waals surface area contributed by atoms with E-state index in [2.05, 4.69) is 44.3 Å². The molecule has 0 saturated heterocycles. The van der Waals surface area contributed by atoms with Gasteiger partial charge in [0.1, 0.15) is 0 Å². The summed E-state index contributed by atoms with van der Waals surface area (Å²) in [6, 6.07) is 6.71. The molecule has 0 amide bonds. The van der Waals surface area contributed by atoms with Crippen LogP contribution in [-0.4, -0.2) is 12.8 Å². The Labute approximate surface area is 114 Å². The fraction of sp³-hybridized carbons (Fsp3) is 0.571. The highest BCUT2D eigenvalue weighted by Gasteiger charge is 2.07. The molecule has 0 radical (unpaired) electrons. The summed E-state index contributed by atoms with van der Waals surface area (Å²) in [4.78, 5) is 1.19.